The van der Waals surface area contributed by atoms with E-state index in [1.54, 1.807) is 18.2 Å². The lowest BCUT2D eigenvalue weighted by atomic mass is 10.2. The molecular formula is C14H22N2O3. The van der Waals surface area contributed by atoms with Gasteiger partial charge in [-0.05, 0) is 39.3 Å². The van der Waals surface area contributed by atoms with Gasteiger partial charge in [0, 0.05) is 24.8 Å². The minimum atomic E-state index is -0.468. The van der Waals surface area contributed by atoms with Gasteiger partial charge in [0.2, 0.25) is 0 Å². The summed E-state index contributed by atoms with van der Waals surface area (Å²) < 4.78 is 5.11. The first-order valence-electron chi connectivity index (χ1n) is 6.36. The number of ether oxygens (including phenoxy) is 1. The van der Waals surface area contributed by atoms with Gasteiger partial charge in [-0.1, -0.05) is 6.07 Å². The van der Waals surface area contributed by atoms with Gasteiger partial charge in [0.15, 0.2) is 0 Å². The number of amides is 1. The standard InChI is InChI=1S/C14H22N2O3/c1-14(2,3)19-13(18)16-9-5-8-15-11-6-4-7-12(17)10-11/h4,6-7,10,15,17H,5,8-9H2,1-3H3,(H,16,18). The topological polar surface area (TPSA) is 70.6 Å². The Labute approximate surface area is 114 Å². The van der Waals surface area contributed by atoms with Gasteiger partial charge in [0.1, 0.15) is 11.4 Å². The summed E-state index contributed by atoms with van der Waals surface area (Å²) in [4.78, 5) is 11.3. The number of hydrogen-bond acceptors (Lipinski definition) is 4. The Hall–Kier alpha value is -1.91. The molecule has 3 N–H and O–H groups in total. The minimum absolute atomic E-state index is 0.233. The van der Waals surface area contributed by atoms with Gasteiger partial charge in [0.25, 0.3) is 0 Å². The number of hydrogen-bond donors (Lipinski definition) is 3. The van der Waals surface area contributed by atoms with Crippen molar-refractivity contribution in [3.8, 4) is 5.75 Å². The van der Waals surface area contributed by atoms with Crippen molar-refractivity contribution in [3.05, 3.63) is 24.3 Å². The molecule has 0 atom stereocenters. The first-order valence-corrected chi connectivity index (χ1v) is 6.36. The number of alkyl carbamates (subject to hydrolysis) is 1. The SMILES string of the molecule is CC(C)(C)OC(=O)NCCCNc1cccc(O)c1. The summed E-state index contributed by atoms with van der Waals surface area (Å²) in [6, 6.07) is 6.92. The molecule has 19 heavy (non-hydrogen) atoms. The van der Waals surface area contributed by atoms with Crippen molar-refractivity contribution in [2.75, 3.05) is 18.4 Å². The summed E-state index contributed by atoms with van der Waals surface area (Å²) in [7, 11) is 0. The average Bonchev–Trinajstić information content (AvgIpc) is 2.26. The lowest BCUT2D eigenvalue weighted by Gasteiger charge is -2.19. The van der Waals surface area contributed by atoms with Gasteiger partial charge in [-0.15, -0.1) is 0 Å². The first-order chi connectivity index (χ1) is 8.87. The zero-order chi connectivity index (χ0) is 14.3. The molecule has 0 heterocycles. The fraction of sp³-hybridized carbons (Fsp3) is 0.500. The van der Waals surface area contributed by atoms with Gasteiger partial charge in [-0.3, -0.25) is 0 Å². The van der Waals surface area contributed by atoms with Crippen LogP contribution < -0.4 is 10.6 Å². The van der Waals surface area contributed by atoms with Gasteiger partial charge in [-0.2, -0.15) is 0 Å². The molecule has 0 saturated carbocycles. The van der Waals surface area contributed by atoms with Crippen LogP contribution in [0.25, 0.3) is 0 Å². The fourth-order valence-corrected chi connectivity index (χ4v) is 1.44. The highest BCUT2D eigenvalue weighted by molar-refractivity contribution is 5.67. The summed E-state index contributed by atoms with van der Waals surface area (Å²) >= 11 is 0. The van der Waals surface area contributed by atoms with Crippen LogP contribution in [0, 0.1) is 0 Å². The second-order valence-electron chi connectivity index (χ2n) is 5.26. The molecule has 0 unspecified atom stereocenters. The number of nitrogens with one attached hydrogen (secondary N) is 2. The number of benzene rings is 1. The molecule has 1 aromatic carbocycles. The van der Waals surface area contributed by atoms with E-state index in [-0.39, 0.29) is 5.75 Å². The predicted molar refractivity (Wildman–Crippen MR) is 75.5 cm³/mol. The third kappa shape index (κ3) is 7.18. The maximum Gasteiger partial charge on any atom is 0.407 e. The van der Waals surface area contributed by atoms with Crippen LogP contribution in [0.15, 0.2) is 24.3 Å². The van der Waals surface area contributed by atoms with Crippen molar-refractivity contribution in [2.45, 2.75) is 32.8 Å². The largest absolute Gasteiger partial charge is 0.508 e. The number of carbonyl (C=O) groups is 1. The molecule has 0 bridgehead atoms. The van der Waals surface area contributed by atoms with Crippen LogP contribution in [0.5, 0.6) is 5.75 Å². The molecule has 0 radical (unpaired) electrons. The zero-order valence-corrected chi connectivity index (χ0v) is 11.7. The summed E-state index contributed by atoms with van der Waals surface area (Å²) in [5.41, 5.74) is 0.390. The number of phenolic OH excluding ortho intramolecular Hbond substituents is 1. The van der Waals surface area contributed by atoms with E-state index in [4.69, 9.17) is 4.74 Å². The highest BCUT2D eigenvalue weighted by Gasteiger charge is 2.15. The molecule has 1 rings (SSSR count). The quantitative estimate of drug-likeness (QED) is 0.717. The molecule has 0 fully saturated rings. The van der Waals surface area contributed by atoms with Crippen LogP contribution in [-0.4, -0.2) is 29.9 Å². The maximum absolute atomic E-state index is 11.3. The number of rotatable bonds is 5. The number of phenols is 1. The maximum atomic E-state index is 11.3. The molecule has 1 aromatic rings. The number of carbonyl (C=O) groups excluding carboxylic acids is 1. The lowest BCUT2D eigenvalue weighted by molar-refractivity contribution is 0.0528. The summed E-state index contributed by atoms with van der Waals surface area (Å²) in [5, 5.41) is 15.1. The number of anilines is 1. The summed E-state index contributed by atoms with van der Waals surface area (Å²) in [6.07, 6.45) is 0.374. The van der Waals surface area contributed by atoms with E-state index in [9.17, 15) is 9.90 Å². The second kappa shape index (κ2) is 6.87. The van der Waals surface area contributed by atoms with E-state index < -0.39 is 11.7 Å². The third-order valence-electron chi connectivity index (χ3n) is 2.20. The van der Waals surface area contributed by atoms with Crippen LogP contribution >= 0.6 is 0 Å². The monoisotopic (exact) mass is 266 g/mol. The fourth-order valence-electron chi connectivity index (χ4n) is 1.44. The Balaban J connectivity index is 2.13. The molecule has 0 aliphatic carbocycles. The van der Waals surface area contributed by atoms with Crippen molar-refractivity contribution >= 4 is 11.8 Å². The number of aromatic hydroxyl groups is 1. The first kappa shape index (κ1) is 15.1. The molecule has 0 aliphatic heterocycles. The van der Waals surface area contributed by atoms with Gasteiger partial charge in [-0.25, -0.2) is 4.79 Å². The molecule has 0 aromatic heterocycles. The van der Waals surface area contributed by atoms with Crippen LogP contribution in [0.1, 0.15) is 27.2 Å². The van der Waals surface area contributed by atoms with E-state index in [1.165, 1.54) is 0 Å². The van der Waals surface area contributed by atoms with Crippen LogP contribution in [0.3, 0.4) is 0 Å². The van der Waals surface area contributed by atoms with Crippen LogP contribution in [-0.2, 0) is 4.74 Å². The van der Waals surface area contributed by atoms with E-state index in [0.717, 1.165) is 12.1 Å². The Bertz CT molecular complexity index is 413. The highest BCUT2D eigenvalue weighted by atomic mass is 16.6. The Kier molecular flexibility index (Phi) is 5.48. The molecule has 0 spiro atoms. The molecule has 1 amide bonds. The molecule has 5 heteroatoms. The molecule has 0 saturated heterocycles. The third-order valence-corrected chi connectivity index (χ3v) is 2.20. The Morgan fingerprint density at radius 2 is 2.05 bits per heavy atom. The van der Waals surface area contributed by atoms with E-state index in [0.29, 0.717) is 13.1 Å². The van der Waals surface area contributed by atoms with Gasteiger partial charge in [0.05, 0.1) is 0 Å². The Morgan fingerprint density at radius 3 is 2.68 bits per heavy atom. The normalized spacial score (nSPS) is 10.9. The van der Waals surface area contributed by atoms with Crippen molar-refractivity contribution in [1.29, 1.82) is 0 Å². The van der Waals surface area contributed by atoms with Crippen molar-refractivity contribution < 1.29 is 14.6 Å². The van der Waals surface area contributed by atoms with E-state index >= 15 is 0 Å². The smallest absolute Gasteiger partial charge is 0.407 e. The van der Waals surface area contributed by atoms with Gasteiger partial charge >= 0.3 is 6.09 Å². The lowest BCUT2D eigenvalue weighted by Crippen LogP contribution is -2.33. The molecule has 0 aliphatic rings. The highest BCUT2D eigenvalue weighted by Crippen LogP contribution is 2.14. The van der Waals surface area contributed by atoms with Gasteiger partial charge < -0.3 is 20.5 Å². The zero-order valence-electron chi connectivity index (χ0n) is 11.7. The van der Waals surface area contributed by atoms with Crippen molar-refractivity contribution in [2.24, 2.45) is 0 Å². The van der Waals surface area contributed by atoms with E-state index in [1.807, 2.05) is 26.8 Å². The van der Waals surface area contributed by atoms with E-state index in [2.05, 4.69) is 10.6 Å². The minimum Gasteiger partial charge on any atom is -0.508 e. The Morgan fingerprint density at radius 1 is 1.32 bits per heavy atom. The summed E-state index contributed by atoms with van der Waals surface area (Å²) in [5.74, 6) is 0.233. The van der Waals surface area contributed by atoms with Crippen LogP contribution in [0.4, 0.5) is 10.5 Å². The van der Waals surface area contributed by atoms with Crippen molar-refractivity contribution in [1.82, 2.24) is 5.32 Å². The molecule has 5 nitrogen and oxygen atoms in total. The second-order valence-corrected chi connectivity index (χ2v) is 5.26. The van der Waals surface area contributed by atoms with Crippen molar-refractivity contribution in [3.63, 3.8) is 0 Å². The predicted octanol–water partition coefficient (Wildman–Crippen LogP) is 2.72. The molecular weight excluding hydrogens is 244 g/mol. The molecule has 106 valence electrons. The summed E-state index contributed by atoms with van der Waals surface area (Å²) in [6.45, 7) is 6.74. The van der Waals surface area contributed by atoms with Crippen LogP contribution in [0.2, 0.25) is 0 Å². The average molecular weight is 266 g/mol.